The minimum Gasteiger partial charge on any atom is -0.497 e. The van der Waals surface area contributed by atoms with Crippen LogP contribution in [0.5, 0.6) is 11.5 Å². The van der Waals surface area contributed by atoms with Gasteiger partial charge in [0.1, 0.15) is 15.8 Å². The molecule has 8 heteroatoms. The zero-order chi connectivity index (χ0) is 18.4. The second-order valence-corrected chi connectivity index (χ2v) is 7.49. The van der Waals surface area contributed by atoms with Gasteiger partial charge in [0.25, 0.3) is 0 Å². The highest BCUT2D eigenvalue weighted by atomic mass is 35.5. The molecule has 0 aliphatic heterocycles. The van der Waals surface area contributed by atoms with Crippen molar-refractivity contribution >= 4 is 34.8 Å². The van der Waals surface area contributed by atoms with Crippen LogP contribution in [0.25, 0.3) is 0 Å². The summed E-state index contributed by atoms with van der Waals surface area (Å²) >= 11 is 18.7. The van der Waals surface area contributed by atoms with Crippen LogP contribution in [0.3, 0.4) is 0 Å². The number of halogens is 6. The largest absolute Gasteiger partial charge is 0.573 e. The summed E-state index contributed by atoms with van der Waals surface area (Å²) in [6.07, 6.45) is -4.81. The van der Waals surface area contributed by atoms with Gasteiger partial charge in [-0.15, -0.1) is 36.4 Å². The molecule has 134 valence electrons. The van der Waals surface area contributed by atoms with Gasteiger partial charge in [0.15, 0.2) is 0 Å². The van der Waals surface area contributed by atoms with Crippen LogP contribution in [0, 0.1) is 0 Å². The first kappa shape index (κ1) is 18.5. The van der Waals surface area contributed by atoms with Crippen LogP contribution in [0.4, 0.5) is 13.2 Å². The van der Waals surface area contributed by atoms with Crippen LogP contribution < -0.4 is 9.47 Å². The van der Waals surface area contributed by atoms with Crippen molar-refractivity contribution in [2.45, 2.75) is 22.5 Å². The Kier molecular flexibility index (Phi) is 4.77. The van der Waals surface area contributed by atoms with Gasteiger partial charge in [-0.3, -0.25) is 0 Å². The van der Waals surface area contributed by atoms with Gasteiger partial charge < -0.3 is 9.47 Å². The van der Waals surface area contributed by atoms with Gasteiger partial charge in [-0.05, 0) is 35.4 Å². The Bertz CT molecular complexity index is 776. The lowest BCUT2D eigenvalue weighted by atomic mass is 10.0. The molecule has 0 heterocycles. The molecule has 1 aliphatic carbocycles. The maximum atomic E-state index is 12.3. The van der Waals surface area contributed by atoms with E-state index in [2.05, 4.69) is 4.74 Å². The summed E-state index contributed by atoms with van der Waals surface area (Å²) in [5, 5.41) is -0.153. The number of alkyl halides is 5. The summed E-state index contributed by atoms with van der Waals surface area (Å²) in [7, 11) is 1.56. The van der Waals surface area contributed by atoms with Crippen molar-refractivity contribution in [2.75, 3.05) is 7.11 Å². The average Bonchev–Trinajstić information content (AvgIpc) is 3.10. The molecule has 0 aromatic heterocycles. The summed E-state index contributed by atoms with van der Waals surface area (Å²) in [4.78, 5) is 0. The van der Waals surface area contributed by atoms with E-state index in [1.54, 1.807) is 19.2 Å². The molecule has 2 atom stereocenters. The van der Waals surface area contributed by atoms with E-state index in [4.69, 9.17) is 39.5 Å². The third-order valence-corrected chi connectivity index (χ3v) is 5.30. The predicted molar refractivity (Wildman–Crippen MR) is 91.0 cm³/mol. The Morgan fingerprint density at radius 1 is 0.960 bits per heavy atom. The van der Waals surface area contributed by atoms with Crippen LogP contribution in [0.1, 0.15) is 23.0 Å². The molecule has 1 fully saturated rings. The maximum Gasteiger partial charge on any atom is 0.573 e. The Labute approximate surface area is 157 Å². The molecule has 0 N–H and O–H groups in total. The average molecular weight is 412 g/mol. The molecule has 0 radical (unpaired) electrons. The van der Waals surface area contributed by atoms with Crippen molar-refractivity contribution in [1.82, 2.24) is 0 Å². The Balaban J connectivity index is 1.85. The lowest BCUT2D eigenvalue weighted by Crippen LogP contribution is -2.17. The van der Waals surface area contributed by atoms with E-state index in [0.29, 0.717) is 11.3 Å². The molecule has 2 aromatic carbocycles. The number of hydrogen-bond acceptors (Lipinski definition) is 2. The van der Waals surface area contributed by atoms with Gasteiger partial charge in [-0.25, -0.2) is 0 Å². The van der Waals surface area contributed by atoms with E-state index in [1.807, 2.05) is 12.1 Å². The molecule has 0 spiro atoms. The summed E-state index contributed by atoms with van der Waals surface area (Å²) in [5.41, 5.74) is 1.55. The summed E-state index contributed by atoms with van der Waals surface area (Å²) < 4.78 is 44.9. The van der Waals surface area contributed by atoms with Crippen LogP contribution in [0.2, 0.25) is 5.02 Å². The Hall–Kier alpha value is -1.30. The Morgan fingerprint density at radius 3 is 2.04 bits per heavy atom. The van der Waals surface area contributed by atoms with Crippen LogP contribution in [0.15, 0.2) is 42.5 Å². The molecule has 3 rings (SSSR count). The molecule has 1 aliphatic rings. The lowest BCUT2D eigenvalue weighted by Gasteiger charge is -2.11. The highest BCUT2D eigenvalue weighted by molar-refractivity contribution is 6.52. The molecule has 0 unspecified atom stereocenters. The minimum atomic E-state index is -4.81. The fraction of sp³-hybridized carbons (Fsp3) is 0.294. The zero-order valence-electron chi connectivity index (χ0n) is 12.8. The maximum absolute atomic E-state index is 12.3. The van der Waals surface area contributed by atoms with Crippen molar-refractivity contribution in [3.63, 3.8) is 0 Å². The molecular weight excluding hydrogens is 400 g/mol. The van der Waals surface area contributed by atoms with E-state index in [0.717, 1.165) is 5.56 Å². The monoisotopic (exact) mass is 410 g/mol. The second-order valence-electron chi connectivity index (χ2n) is 5.64. The van der Waals surface area contributed by atoms with Crippen molar-refractivity contribution in [2.24, 2.45) is 0 Å². The van der Waals surface area contributed by atoms with E-state index in [-0.39, 0.29) is 16.9 Å². The molecule has 2 nitrogen and oxygen atoms in total. The van der Waals surface area contributed by atoms with Gasteiger partial charge >= 0.3 is 6.36 Å². The highest BCUT2D eigenvalue weighted by Gasteiger charge is 2.64. The van der Waals surface area contributed by atoms with Crippen LogP contribution >= 0.6 is 34.8 Å². The van der Waals surface area contributed by atoms with Crippen molar-refractivity contribution < 1.29 is 22.6 Å². The highest BCUT2D eigenvalue weighted by Crippen LogP contribution is 2.70. The normalized spacial score (nSPS) is 21.7. The molecule has 0 bridgehead atoms. The molecule has 0 saturated heterocycles. The smallest absolute Gasteiger partial charge is 0.497 e. The van der Waals surface area contributed by atoms with Crippen LogP contribution in [-0.4, -0.2) is 17.8 Å². The molecule has 0 amide bonds. The fourth-order valence-electron chi connectivity index (χ4n) is 2.89. The second kappa shape index (κ2) is 6.45. The molecule has 1 saturated carbocycles. The summed E-state index contributed by atoms with van der Waals surface area (Å²) in [5.74, 6) is -0.254. The van der Waals surface area contributed by atoms with Crippen LogP contribution in [-0.2, 0) is 0 Å². The van der Waals surface area contributed by atoms with Gasteiger partial charge in [0.05, 0.1) is 12.1 Å². The van der Waals surface area contributed by atoms with Crippen molar-refractivity contribution in [1.29, 1.82) is 0 Å². The lowest BCUT2D eigenvalue weighted by molar-refractivity contribution is -0.274. The van der Waals surface area contributed by atoms with Gasteiger partial charge in [-0.2, -0.15) is 0 Å². The van der Waals surface area contributed by atoms with Gasteiger partial charge in [-0.1, -0.05) is 29.8 Å². The summed E-state index contributed by atoms with van der Waals surface area (Å²) in [6, 6.07) is 11.3. The van der Waals surface area contributed by atoms with E-state index < -0.39 is 16.4 Å². The number of ether oxygens (including phenoxy) is 2. The minimum absolute atomic E-state index is 0.153. The van der Waals surface area contributed by atoms with Crippen molar-refractivity contribution in [3.8, 4) is 11.5 Å². The SMILES string of the molecule is COc1ccc([C@@H]2[C@@H](c3ccc(OC(F)(F)F)c(Cl)c3)C2(Cl)Cl)cc1. The standard InChI is InChI=1S/C17H12Cl3F3O2/c1-24-11-5-2-9(3-6-11)14-15(16(14,19)20)10-4-7-13(12(18)8-10)25-17(21,22)23/h2-8,14-15H,1H3/t14-,15-/m1/s1. The topological polar surface area (TPSA) is 18.5 Å². The van der Waals surface area contributed by atoms with E-state index in [1.165, 1.54) is 18.2 Å². The fourth-order valence-corrected chi connectivity index (χ4v) is 3.99. The van der Waals surface area contributed by atoms with E-state index in [9.17, 15) is 13.2 Å². The molecule has 2 aromatic rings. The third-order valence-electron chi connectivity index (χ3n) is 4.07. The zero-order valence-corrected chi connectivity index (χ0v) is 15.0. The number of methoxy groups -OCH3 is 1. The first-order chi connectivity index (χ1) is 11.6. The van der Waals surface area contributed by atoms with Crippen molar-refractivity contribution in [3.05, 3.63) is 58.6 Å². The van der Waals surface area contributed by atoms with E-state index >= 15 is 0 Å². The quantitative estimate of drug-likeness (QED) is 0.550. The first-order valence-electron chi connectivity index (χ1n) is 7.20. The Morgan fingerprint density at radius 2 is 1.52 bits per heavy atom. The van der Waals surface area contributed by atoms with Gasteiger partial charge in [0, 0.05) is 11.8 Å². The third kappa shape index (κ3) is 3.78. The van der Waals surface area contributed by atoms with Gasteiger partial charge in [0.2, 0.25) is 0 Å². The summed E-state index contributed by atoms with van der Waals surface area (Å²) in [6.45, 7) is 0. The molecular formula is C17H12Cl3F3O2. The molecule has 25 heavy (non-hydrogen) atoms. The number of benzene rings is 2. The number of rotatable bonds is 4. The first-order valence-corrected chi connectivity index (χ1v) is 8.34. The number of hydrogen-bond donors (Lipinski definition) is 0. The predicted octanol–water partition coefficient (Wildman–Crippen LogP) is 6.30.